The number of thiazole rings is 1. The summed E-state index contributed by atoms with van der Waals surface area (Å²) in [6, 6.07) is 6.28. The SMILES string of the molecule is CCc1ccc2nc(C[C@H](CC(C)=O)C(=O)N[C@H](CCC(=O)/C=C/CN3CCCCC3)C3CCCC3)sc2c1. The third-order valence-electron chi connectivity index (χ3n) is 8.35. The molecule has 212 valence electrons. The van der Waals surface area contributed by atoms with E-state index in [0.717, 1.165) is 54.1 Å². The number of hydrogen-bond acceptors (Lipinski definition) is 6. The summed E-state index contributed by atoms with van der Waals surface area (Å²) in [7, 11) is 0. The van der Waals surface area contributed by atoms with Crippen LogP contribution in [0.5, 0.6) is 0 Å². The maximum absolute atomic E-state index is 13.6. The summed E-state index contributed by atoms with van der Waals surface area (Å²) in [5.41, 5.74) is 2.22. The molecule has 2 atom stereocenters. The van der Waals surface area contributed by atoms with Crippen LogP contribution >= 0.6 is 11.3 Å². The lowest BCUT2D eigenvalue weighted by molar-refractivity contribution is -0.129. The number of nitrogens with one attached hydrogen (secondary N) is 1. The Bertz CT molecular complexity index is 1140. The number of piperidine rings is 1. The van der Waals surface area contributed by atoms with Crippen LogP contribution in [0.15, 0.2) is 30.4 Å². The van der Waals surface area contributed by atoms with Crippen LogP contribution in [0.4, 0.5) is 0 Å². The van der Waals surface area contributed by atoms with Gasteiger partial charge in [0.05, 0.1) is 21.1 Å². The second kappa shape index (κ2) is 14.8. The summed E-state index contributed by atoms with van der Waals surface area (Å²) in [6.45, 7) is 6.76. The van der Waals surface area contributed by atoms with Gasteiger partial charge in [-0.25, -0.2) is 4.98 Å². The summed E-state index contributed by atoms with van der Waals surface area (Å²) in [4.78, 5) is 45.5. The number of Topliss-reactive ketones (excluding diaryl/α,β-unsaturated/α-hetero) is 1. The molecule has 0 unspecified atom stereocenters. The van der Waals surface area contributed by atoms with Crippen LogP contribution in [0, 0.1) is 11.8 Å². The number of amides is 1. The number of benzene rings is 1. The quantitative estimate of drug-likeness (QED) is 0.289. The van der Waals surface area contributed by atoms with Gasteiger partial charge in [-0.3, -0.25) is 14.5 Å². The van der Waals surface area contributed by atoms with Crippen molar-refractivity contribution in [1.82, 2.24) is 15.2 Å². The Kier molecular flexibility index (Phi) is 11.3. The van der Waals surface area contributed by atoms with Crippen LogP contribution < -0.4 is 5.32 Å². The Hall–Kier alpha value is -2.38. The summed E-state index contributed by atoms with van der Waals surface area (Å²) >= 11 is 1.62. The number of allylic oxidation sites excluding steroid dienone is 1. The predicted octanol–water partition coefficient (Wildman–Crippen LogP) is 6.06. The molecule has 39 heavy (non-hydrogen) atoms. The number of likely N-dealkylation sites (tertiary alicyclic amines) is 1. The zero-order valence-electron chi connectivity index (χ0n) is 23.8. The maximum atomic E-state index is 13.6. The number of carbonyl (C=O) groups excluding carboxylic acids is 3. The van der Waals surface area contributed by atoms with Crippen molar-refractivity contribution < 1.29 is 14.4 Å². The third-order valence-corrected chi connectivity index (χ3v) is 9.39. The normalized spacial score (nSPS) is 18.5. The van der Waals surface area contributed by atoms with E-state index in [0.29, 0.717) is 25.2 Å². The van der Waals surface area contributed by atoms with Crippen LogP contribution in [0.1, 0.15) is 88.6 Å². The van der Waals surface area contributed by atoms with E-state index in [4.69, 9.17) is 4.98 Å². The second-order valence-corrected chi connectivity index (χ2v) is 12.6. The van der Waals surface area contributed by atoms with Gasteiger partial charge in [0.1, 0.15) is 5.78 Å². The van der Waals surface area contributed by atoms with Gasteiger partial charge in [-0.05, 0) is 88.2 Å². The molecule has 1 aromatic carbocycles. The summed E-state index contributed by atoms with van der Waals surface area (Å²) in [5.74, 6) is 0.00912. The molecule has 1 N–H and O–H groups in total. The van der Waals surface area contributed by atoms with E-state index in [1.165, 1.54) is 37.7 Å². The minimum atomic E-state index is -0.447. The van der Waals surface area contributed by atoms with E-state index >= 15 is 0 Å². The van der Waals surface area contributed by atoms with Crippen molar-refractivity contribution in [3.8, 4) is 0 Å². The fraction of sp³-hybridized carbons (Fsp3) is 0.625. The summed E-state index contributed by atoms with van der Waals surface area (Å²) in [6.07, 6.45) is 14.8. The largest absolute Gasteiger partial charge is 0.353 e. The van der Waals surface area contributed by atoms with Gasteiger partial charge in [-0.15, -0.1) is 11.3 Å². The van der Waals surface area contributed by atoms with E-state index < -0.39 is 5.92 Å². The minimum absolute atomic E-state index is 0.0102. The van der Waals surface area contributed by atoms with Gasteiger partial charge in [0, 0.05) is 31.8 Å². The van der Waals surface area contributed by atoms with Crippen LogP contribution in [0.25, 0.3) is 10.2 Å². The molecule has 0 bridgehead atoms. The van der Waals surface area contributed by atoms with Crippen molar-refractivity contribution in [3.63, 3.8) is 0 Å². The first-order valence-corrected chi connectivity index (χ1v) is 15.8. The fourth-order valence-corrected chi connectivity index (χ4v) is 7.19. The van der Waals surface area contributed by atoms with E-state index in [1.807, 2.05) is 12.1 Å². The number of hydrogen-bond donors (Lipinski definition) is 1. The first-order chi connectivity index (χ1) is 18.9. The number of ketones is 2. The number of carbonyl (C=O) groups is 3. The predicted molar refractivity (Wildman–Crippen MR) is 159 cm³/mol. The highest BCUT2D eigenvalue weighted by Gasteiger charge is 2.30. The molecule has 1 aromatic heterocycles. The summed E-state index contributed by atoms with van der Waals surface area (Å²) in [5, 5.41) is 4.20. The molecule has 6 nitrogen and oxygen atoms in total. The van der Waals surface area contributed by atoms with Crippen molar-refractivity contribution >= 4 is 39.0 Å². The summed E-state index contributed by atoms with van der Waals surface area (Å²) < 4.78 is 1.13. The molecule has 1 aliphatic carbocycles. The van der Waals surface area contributed by atoms with Gasteiger partial charge < -0.3 is 10.1 Å². The van der Waals surface area contributed by atoms with E-state index in [1.54, 1.807) is 24.3 Å². The maximum Gasteiger partial charge on any atom is 0.224 e. The fourth-order valence-electron chi connectivity index (χ4n) is 6.08. The lowest BCUT2D eigenvalue weighted by Crippen LogP contribution is -2.43. The molecule has 1 saturated carbocycles. The second-order valence-electron chi connectivity index (χ2n) is 11.5. The van der Waals surface area contributed by atoms with Gasteiger partial charge in [-0.1, -0.05) is 38.3 Å². The third kappa shape index (κ3) is 9.07. The Morgan fingerprint density at radius 1 is 1.13 bits per heavy atom. The smallest absolute Gasteiger partial charge is 0.224 e. The molecule has 0 radical (unpaired) electrons. The number of aromatic nitrogens is 1. The molecule has 0 spiro atoms. The molecular weight excluding hydrogens is 506 g/mol. The first kappa shape index (κ1) is 29.6. The van der Waals surface area contributed by atoms with Crippen LogP contribution in [-0.2, 0) is 27.2 Å². The molecule has 4 rings (SSSR count). The van der Waals surface area contributed by atoms with Gasteiger partial charge in [0.2, 0.25) is 5.91 Å². The Morgan fingerprint density at radius 2 is 1.90 bits per heavy atom. The van der Waals surface area contributed by atoms with Crippen molar-refractivity contribution in [1.29, 1.82) is 0 Å². The van der Waals surface area contributed by atoms with Gasteiger partial charge in [0.15, 0.2) is 5.78 Å². The number of rotatable bonds is 14. The minimum Gasteiger partial charge on any atom is -0.353 e. The molecule has 2 aromatic rings. The molecule has 2 aliphatic rings. The average Bonchev–Trinajstić information content (AvgIpc) is 3.60. The lowest BCUT2D eigenvalue weighted by atomic mass is 9.91. The molecule has 1 aliphatic heterocycles. The Labute approximate surface area is 237 Å². The molecule has 2 heterocycles. The average molecular weight is 552 g/mol. The Morgan fingerprint density at radius 3 is 2.62 bits per heavy atom. The van der Waals surface area contributed by atoms with Crippen molar-refractivity contribution in [2.75, 3.05) is 19.6 Å². The van der Waals surface area contributed by atoms with E-state index in [9.17, 15) is 14.4 Å². The molecule has 7 heteroatoms. The van der Waals surface area contributed by atoms with Crippen LogP contribution in [0.2, 0.25) is 0 Å². The van der Waals surface area contributed by atoms with Gasteiger partial charge in [0.25, 0.3) is 0 Å². The highest BCUT2D eigenvalue weighted by atomic mass is 32.1. The highest BCUT2D eigenvalue weighted by Crippen LogP contribution is 2.31. The van der Waals surface area contributed by atoms with Crippen molar-refractivity contribution in [2.24, 2.45) is 11.8 Å². The number of nitrogens with zero attached hydrogens (tertiary/aromatic N) is 2. The lowest BCUT2D eigenvalue weighted by Gasteiger charge is -2.27. The molecular formula is C32H45N3O3S. The zero-order valence-corrected chi connectivity index (χ0v) is 24.6. The standard InChI is InChI=1S/C32H45N3O3S/c1-3-24-13-15-29-30(21-24)39-31(33-29)22-26(20-23(2)36)32(38)34-28(25-10-5-6-11-25)16-14-27(37)12-9-19-35-17-7-4-8-18-35/h9,12-13,15,21,25-26,28H,3-8,10-11,14,16-20,22H2,1-2H3,(H,34,38)/b12-9+/t26-,28+/m0/s1. The zero-order chi connectivity index (χ0) is 27.6. The highest BCUT2D eigenvalue weighted by molar-refractivity contribution is 7.18. The Balaban J connectivity index is 1.37. The monoisotopic (exact) mass is 551 g/mol. The molecule has 1 amide bonds. The topological polar surface area (TPSA) is 79.4 Å². The van der Waals surface area contributed by atoms with Crippen LogP contribution in [-0.4, -0.2) is 53.0 Å². The number of fused-ring (bicyclic) bond motifs is 1. The van der Waals surface area contributed by atoms with Crippen molar-refractivity contribution in [2.45, 2.75) is 96.9 Å². The molecule has 2 fully saturated rings. The number of aryl methyl sites for hydroxylation is 1. The van der Waals surface area contributed by atoms with E-state index in [2.05, 4.69) is 29.3 Å². The van der Waals surface area contributed by atoms with E-state index in [-0.39, 0.29) is 29.9 Å². The van der Waals surface area contributed by atoms with Crippen molar-refractivity contribution in [3.05, 3.63) is 40.9 Å². The van der Waals surface area contributed by atoms with Crippen LogP contribution in [0.3, 0.4) is 0 Å². The van der Waals surface area contributed by atoms with Gasteiger partial charge >= 0.3 is 0 Å². The molecule has 1 saturated heterocycles. The first-order valence-electron chi connectivity index (χ1n) is 15.0. The van der Waals surface area contributed by atoms with Gasteiger partial charge in [-0.2, -0.15) is 0 Å².